The van der Waals surface area contributed by atoms with Crippen molar-refractivity contribution >= 4 is 27.5 Å². The lowest BCUT2D eigenvalue weighted by atomic mass is 9.92. The molecule has 0 fully saturated rings. The van der Waals surface area contributed by atoms with Crippen LogP contribution in [0.15, 0.2) is 76.6 Å². The number of carbonyl (C=O) groups is 2. The lowest BCUT2D eigenvalue weighted by molar-refractivity contribution is 0.0862. The number of hydrogen-bond acceptors (Lipinski definition) is 4. The predicted molar refractivity (Wildman–Crippen MR) is 93.4 cm³/mol. The van der Waals surface area contributed by atoms with Crippen molar-refractivity contribution in [3.05, 3.63) is 83.1 Å². The standard InChI is InChI=1S/C19H13BrN2O2/c20-19-14(11-6-2-1-3-7-11)10-15(21-22-19)16-17(23)12-8-4-5-9-13(12)18(16)24/h1-10,14,16,19H/t14-,19+/m1/s1. The highest BCUT2D eigenvalue weighted by Crippen LogP contribution is 2.38. The van der Waals surface area contributed by atoms with Gasteiger partial charge in [-0.1, -0.05) is 70.5 Å². The summed E-state index contributed by atoms with van der Waals surface area (Å²) in [6, 6.07) is 16.8. The highest BCUT2D eigenvalue weighted by atomic mass is 79.9. The molecular weight excluding hydrogens is 368 g/mol. The number of rotatable bonds is 2. The minimum Gasteiger partial charge on any atom is -0.293 e. The van der Waals surface area contributed by atoms with Gasteiger partial charge in [-0.3, -0.25) is 9.59 Å². The van der Waals surface area contributed by atoms with Crippen LogP contribution in [0.3, 0.4) is 0 Å². The molecule has 4 rings (SSSR count). The molecule has 0 N–H and O–H groups in total. The average molecular weight is 381 g/mol. The Kier molecular flexibility index (Phi) is 3.73. The number of nitrogens with zero attached hydrogens (tertiary/aromatic N) is 2. The molecule has 1 aliphatic carbocycles. The van der Waals surface area contributed by atoms with Crippen LogP contribution >= 0.6 is 15.9 Å². The van der Waals surface area contributed by atoms with Crippen LogP contribution in [0.2, 0.25) is 0 Å². The molecule has 0 aromatic heterocycles. The molecule has 118 valence electrons. The van der Waals surface area contributed by atoms with Gasteiger partial charge in [0.1, 0.15) is 10.9 Å². The molecule has 2 aromatic carbocycles. The number of ketones is 2. The van der Waals surface area contributed by atoms with Crippen molar-refractivity contribution in [3.63, 3.8) is 0 Å². The first kappa shape index (κ1) is 15.1. The fourth-order valence-corrected chi connectivity index (χ4v) is 3.74. The summed E-state index contributed by atoms with van der Waals surface area (Å²) < 4.78 is 0. The number of Topliss-reactive ketones (excluding diaryl/α,β-unsaturated/α-hetero) is 2. The van der Waals surface area contributed by atoms with Gasteiger partial charge in [-0.15, -0.1) is 0 Å². The first-order valence-corrected chi connectivity index (χ1v) is 8.57. The van der Waals surface area contributed by atoms with E-state index in [9.17, 15) is 9.59 Å². The van der Waals surface area contributed by atoms with E-state index in [1.165, 1.54) is 0 Å². The summed E-state index contributed by atoms with van der Waals surface area (Å²) in [5, 5.41) is 8.36. The summed E-state index contributed by atoms with van der Waals surface area (Å²) in [7, 11) is 0. The van der Waals surface area contributed by atoms with Crippen molar-refractivity contribution in [1.82, 2.24) is 0 Å². The minimum absolute atomic E-state index is 0.0667. The third-order valence-electron chi connectivity index (χ3n) is 4.39. The molecule has 0 spiro atoms. The topological polar surface area (TPSA) is 58.9 Å². The summed E-state index contributed by atoms with van der Waals surface area (Å²) in [5.41, 5.74) is 2.44. The molecule has 5 heteroatoms. The van der Waals surface area contributed by atoms with E-state index >= 15 is 0 Å². The number of azo groups is 1. The molecule has 0 radical (unpaired) electrons. The maximum atomic E-state index is 12.7. The van der Waals surface area contributed by atoms with Gasteiger partial charge in [0.15, 0.2) is 11.6 Å². The van der Waals surface area contributed by atoms with Gasteiger partial charge in [-0.05, 0) is 11.6 Å². The third kappa shape index (κ3) is 2.36. The Labute approximate surface area is 147 Å². The molecule has 2 atom stereocenters. The third-order valence-corrected chi connectivity index (χ3v) is 5.15. The summed E-state index contributed by atoms with van der Waals surface area (Å²) in [6.07, 6.45) is 1.88. The van der Waals surface area contributed by atoms with Gasteiger partial charge < -0.3 is 0 Å². The van der Waals surface area contributed by atoms with E-state index in [1.54, 1.807) is 24.3 Å². The molecular formula is C19H13BrN2O2. The van der Waals surface area contributed by atoms with E-state index in [0.717, 1.165) is 5.56 Å². The second-order valence-corrected chi connectivity index (χ2v) is 6.76. The Bertz CT molecular complexity index is 854. The van der Waals surface area contributed by atoms with Gasteiger partial charge in [-0.25, -0.2) is 0 Å². The average Bonchev–Trinajstić information content (AvgIpc) is 2.88. The van der Waals surface area contributed by atoms with Crippen molar-refractivity contribution in [2.75, 3.05) is 0 Å². The molecule has 1 aliphatic heterocycles. The van der Waals surface area contributed by atoms with Crippen molar-refractivity contribution in [1.29, 1.82) is 0 Å². The molecule has 2 aliphatic rings. The van der Waals surface area contributed by atoms with Crippen molar-refractivity contribution < 1.29 is 9.59 Å². The van der Waals surface area contributed by atoms with Crippen LogP contribution in [0, 0.1) is 5.92 Å². The van der Waals surface area contributed by atoms with E-state index in [4.69, 9.17) is 0 Å². The molecule has 2 aromatic rings. The summed E-state index contributed by atoms with van der Waals surface area (Å²) in [6.45, 7) is 0. The Morgan fingerprint density at radius 2 is 1.42 bits per heavy atom. The highest BCUT2D eigenvalue weighted by molar-refractivity contribution is 9.09. The fraction of sp³-hybridized carbons (Fsp3) is 0.158. The zero-order valence-corrected chi connectivity index (χ0v) is 14.2. The molecule has 0 unspecified atom stereocenters. The molecule has 24 heavy (non-hydrogen) atoms. The quantitative estimate of drug-likeness (QED) is 0.436. The molecule has 4 nitrogen and oxygen atoms in total. The van der Waals surface area contributed by atoms with E-state index in [-0.39, 0.29) is 22.4 Å². The van der Waals surface area contributed by atoms with Crippen molar-refractivity contribution in [3.8, 4) is 0 Å². The number of hydrogen-bond donors (Lipinski definition) is 0. The van der Waals surface area contributed by atoms with Gasteiger partial charge in [0, 0.05) is 17.0 Å². The zero-order valence-electron chi connectivity index (χ0n) is 12.6. The normalized spacial score (nSPS) is 23.3. The number of fused-ring (bicyclic) bond motifs is 1. The second kappa shape index (κ2) is 5.91. The first-order chi connectivity index (χ1) is 11.7. The summed E-state index contributed by atoms with van der Waals surface area (Å²) >= 11 is 3.51. The number of halogens is 1. The van der Waals surface area contributed by atoms with Crippen LogP contribution in [0.1, 0.15) is 32.2 Å². The van der Waals surface area contributed by atoms with Crippen LogP contribution in [-0.2, 0) is 0 Å². The van der Waals surface area contributed by atoms with Crippen molar-refractivity contribution in [2.24, 2.45) is 16.1 Å². The maximum Gasteiger partial charge on any atom is 0.180 e. The molecule has 1 heterocycles. The Morgan fingerprint density at radius 1 is 0.833 bits per heavy atom. The van der Waals surface area contributed by atoms with Crippen LogP contribution in [0.5, 0.6) is 0 Å². The van der Waals surface area contributed by atoms with E-state index in [0.29, 0.717) is 16.8 Å². The highest BCUT2D eigenvalue weighted by Gasteiger charge is 2.42. The van der Waals surface area contributed by atoms with E-state index in [2.05, 4.69) is 26.2 Å². The van der Waals surface area contributed by atoms with E-state index in [1.807, 2.05) is 36.4 Å². The van der Waals surface area contributed by atoms with Gasteiger partial charge >= 0.3 is 0 Å². The smallest absolute Gasteiger partial charge is 0.180 e. The van der Waals surface area contributed by atoms with Crippen LogP contribution in [0.25, 0.3) is 0 Å². The van der Waals surface area contributed by atoms with Crippen LogP contribution in [-0.4, -0.2) is 16.5 Å². The summed E-state index contributed by atoms with van der Waals surface area (Å²) in [5.74, 6) is -1.33. The van der Waals surface area contributed by atoms with Crippen LogP contribution < -0.4 is 0 Å². The zero-order chi connectivity index (χ0) is 16.7. The largest absolute Gasteiger partial charge is 0.293 e. The second-order valence-electron chi connectivity index (χ2n) is 5.82. The lowest BCUT2D eigenvalue weighted by Gasteiger charge is -2.22. The number of carbonyl (C=O) groups excluding carboxylic acids is 2. The molecule has 0 saturated carbocycles. The lowest BCUT2D eigenvalue weighted by Crippen LogP contribution is -2.21. The van der Waals surface area contributed by atoms with Crippen molar-refractivity contribution in [2.45, 2.75) is 10.9 Å². The Balaban J connectivity index is 1.74. The number of benzene rings is 2. The van der Waals surface area contributed by atoms with Crippen LogP contribution in [0.4, 0.5) is 0 Å². The molecule has 0 bridgehead atoms. The maximum absolute atomic E-state index is 12.7. The Morgan fingerprint density at radius 3 is 2.04 bits per heavy atom. The number of alkyl halides is 1. The van der Waals surface area contributed by atoms with Gasteiger partial charge in [0.05, 0.1) is 5.70 Å². The minimum atomic E-state index is -0.877. The molecule has 0 saturated heterocycles. The van der Waals surface area contributed by atoms with Gasteiger partial charge in [0.2, 0.25) is 0 Å². The summed E-state index contributed by atoms with van der Waals surface area (Å²) in [4.78, 5) is 25.1. The van der Waals surface area contributed by atoms with E-state index < -0.39 is 5.92 Å². The fourth-order valence-electron chi connectivity index (χ4n) is 3.19. The molecule has 0 amide bonds. The first-order valence-electron chi connectivity index (χ1n) is 7.66. The Hall–Kier alpha value is -2.40. The van der Waals surface area contributed by atoms with Gasteiger partial charge in [0.25, 0.3) is 0 Å². The number of allylic oxidation sites excluding steroid dienone is 1. The monoisotopic (exact) mass is 380 g/mol. The SMILES string of the molecule is O=C1c2ccccc2C(=O)C1C1=C[C@H](c2ccccc2)[C@@H](Br)N=N1. The predicted octanol–water partition coefficient (Wildman–Crippen LogP) is 4.54. The van der Waals surface area contributed by atoms with Gasteiger partial charge in [-0.2, -0.15) is 10.2 Å².